The Balaban J connectivity index is 1.72. The van der Waals surface area contributed by atoms with Gasteiger partial charge < -0.3 is 19.9 Å². The van der Waals surface area contributed by atoms with Crippen LogP contribution in [-0.2, 0) is 6.54 Å². The molecule has 0 spiro atoms. The molecule has 2 aromatic heterocycles. The highest BCUT2D eigenvalue weighted by Gasteiger charge is 2.12. The zero-order valence-electron chi connectivity index (χ0n) is 13.8. The fourth-order valence-electron chi connectivity index (χ4n) is 2.14. The minimum atomic E-state index is -0.410. The topological polar surface area (TPSA) is 133 Å². The molecule has 0 saturated heterocycles. The molecule has 2 amide bonds. The molecule has 0 aliphatic rings. The van der Waals surface area contributed by atoms with Crippen molar-refractivity contribution in [3.63, 3.8) is 0 Å². The molecule has 1 aromatic carbocycles. The number of carbonyl (C=O) groups is 1. The Labute approximate surface area is 142 Å². The smallest absolute Gasteiger partial charge is 0.319 e. The van der Waals surface area contributed by atoms with Gasteiger partial charge in [0.15, 0.2) is 11.6 Å². The number of anilines is 1. The Bertz CT molecular complexity index is 888. The number of hydrogen-bond acceptors (Lipinski definition) is 8. The van der Waals surface area contributed by atoms with Gasteiger partial charge in [-0.05, 0) is 35.5 Å². The Kier molecular flexibility index (Phi) is 4.55. The molecule has 0 radical (unpaired) electrons. The minimum absolute atomic E-state index is 0.151. The van der Waals surface area contributed by atoms with E-state index in [1.54, 1.807) is 39.2 Å². The molecule has 11 heteroatoms. The predicted octanol–water partition coefficient (Wildman–Crippen LogP) is 0.992. The van der Waals surface area contributed by atoms with Crippen LogP contribution in [0.1, 0.15) is 17.5 Å². The molecule has 0 bridgehead atoms. The summed E-state index contributed by atoms with van der Waals surface area (Å²) >= 11 is 0. The molecular formula is C14H16N8O3. The lowest BCUT2D eigenvalue weighted by molar-refractivity contribution is 0.251. The molecule has 0 atom stereocenters. The number of aromatic nitrogens is 6. The van der Waals surface area contributed by atoms with Gasteiger partial charge >= 0.3 is 6.03 Å². The zero-order valence-corrected chi connectivity index (χ0v) is 13.8. The zero-order chi connectivity index (χ0) is 17.8. The molecular weight excluding hydrogens is 328 g/mol. The number of nitrogens with one attached hydrogen (secondary N) is 2. The largest absolute Gasteiger partial charge is 0.494 e. The number of ether oxygens (including phenoxy) is 1. The van der Waals surface area contributed by atoms with Gasteiger partial charge in [0.25, 0.3) is 0 Å². The van der Waals surface area contributed by atoms with Crippen molar-refractivity contribution in [2.75, 3.05) is 12.4 Å². The second-order valence-electron chi connectivity index (χ2n) is 5.06. The Morgan fingerprint density at radius 2 is 2.20 bits per heavy atom. The van der Waals surface area contributed by atoms with Crippen LogP contribution in [0.2, 0.25) is 0 Å². The minimum Gasteiger partial charge on any atom is -0.494 e. The van der Waals surface area contributed by atoms with E-state index in [0.717, 1.165) is 0 Å². The van der Waals surface area contributed by atoms with Crippen molar-refractivity contribution in [2.45, 2.75) is 20.4 Å². The average molecular weight is 344 g/mol. The van der Waals surface area contributed by atoms with E-state index in [9.17, 15) is 4.79 Å². The summed E-state index contributed by atoms with van der Waals surface area (Å²) in [5.41, 5.74) is 1.16. The number of rotatable bonds is 5. The summed E-state index contributed by atoms with van der Waals surface area (Å²) in [5.74, 6) is 2.00. The van der Waals surface area contributed by atoms with E-state index in [4.69, 9.17) is 9.26 Å². The fraction of sp³-hybridized carbons (Fsp3) is 0.286. The number of benzene rings is 1. The van der Waals surface area contributed by atoms with Crippen molar-refractivity contribution in [3.8, 4) is 11.4 Å². The maximum atomic E-state index is 12.0. The summed E-state index contributed by atoms with van der Waals surface area (Å²) in [6.45, 7) is 3.59. The number of aryl methyl sites for hydroxylation is 2. The van der Waals surface area contributed by atoms with Gasteiger partial charge in [0.1, 0.15) is 11.4 Å². The molecule has 0 saturated carbocycles. The molecule has 3 rings (SSSR count). The standard InChI is InChI=1S/C14H16N8O3/c1-8-18-20-21-22(8)11-6-10(4-5-12(11)24-3)17-14(23)15-7-13-16-9(2)25-19-13/h4-6H,7H2,1-3H3,(H2,15,17,23). The molecule has 0 unspecified atom stereocenters. The molecule has 11 nitrogen and oxygen atoms in total. The second kappa shape index (κ2) is 6.95. The molecule has 0 fully saturated rings. The highest BCUT2D eigenvalue weighted by Crippen LogP contribution is 2.26. The molecule has 2 heterocycles. The first-order valence-corrected chi connectivity index (χ1v) is 7.34. The predicted molar refractivity (Wildman–Crippen MR) is 85.3 cm³/mol. The van der Waals surface area contributed by atoms with E-state index in [1.165, 1.54) is 4.68 Å². The number of urea groups is 1. The van der Waals surface area contributed by atoms with Crippen LogP contribution >= 0.6 is 0 Å². The lowest BCUT2D eigenvalue weighted by Gasteiger charge is -2.12. The van der Waals surface area contributed by atoms with Crippen molar-refractivity contribution in [1.82, 2.24) is 35.7 Å². The van der Waals surface area contributed by atoms with Crippen LogP contribution in [0.15, 0.2) is 22.7 Å². The van der Waals surface area contributed by atoms with Crippen LogP contribution < -0.4 is 15.4 Å². The highest BCUT2D eigenvalue weighted by molar-refractivity contribution is 5.89. The normalized spacial score (nSPS) is 10.5. The number of carbonyl (C=O) groups excluding carboxylic acids is 1. The summed E-state index contributed by atoms with van der Waals surface area (Å²) < 4.78 is 11.7. The lowest BCUT2D eigenvalue weighted by atomic mass is 10.2. The van der Waals surface area contributed by atoms with Gasteiger partial charge in [-0.15, -0.1) is 5.10 Å². The van der Waals surface area contributed by atoms with Crippen molar-refractivity contribution < 1.29 is 14.1 Å². The van der Waals surface area contributed by atoms with E-state index >= 15 is 0 Å². The van der Waals surface area contributed by atoms with Gasteiger partial charge in [-0.1, -0.05) is 5.16 Å². The summed E-state index contributed by atoms with van der Waals surface area (Å²) in [6, 6.07) is 4.72. The van der Waals surface area contributed by atoms with E-state index in [2.05, 4.69) is 36.3 Å². The third kappa shape index (κ3) is 3.71. The van der Waals surface area contributed by atoms with Gasteiger partial charge in [-0.2, -0.15) is 9.67 Å². The molecule has 0 aliphatic carbocycles. The molecule has 2 N–H and O–H groups in total. The van der Waals surface area contributed by atoms with E-state index in [0.29, 0.717) is 34.7 Å². The van der Waals surface area contributed by atoms with Gasteiger partial charge in [0.05, 0.1) is 13.7 Å². The van der Waals surface area contributed by atoms with Gasteiger partial charge in [0, 0.05) is 12.6 Å². The van der Waals surface area contributed by atoms with E-state index in [-0.39, 0.29) is 6.54 Å². The fourth-order valence-corrected chi connectivity index (χ4v) is 2.14. The van der Waals surface area contributed by atoms with Crippen molar-refractivity contribution >= 4 is 11.7 Å². The van der Waals surface area contributed by atoms with Crippen molar-refractivity contribution in [2.24, 2.45) is 0 Å². The number of hydrogen-bond donors (Lipinski definition) is 2. The monoisotopic (exact) mass is 344 g/mol. The first kappa shape index (κ1) is 16.4. The summed E-state index contributed by atoms with van der Waals surface area (Å²) in [4.78, 5) is 16.0. The Morgan fingerprint density at radius 1 is 1.36 bits per heavy atom. The SMILES string of the molecule is COc1ccc(NC(=O)NCc2noc(C)n2)cc1-n1nnnc1C. The van der Waals surface area contributed by atoms with Crippen LogP contribution in [0, 0.1) is 13.8 Å². The van der Waals surface area contributed by atoms with E-state index < -0.39 is 6.03 Å². The summed E-state index contributed by atoms with van der Waals surface area (Å²) in [5, 5.41) is 20.4. The maximum absolute atomic E-state index is 12.0. The van der Waals surface area contributed by atoms with Gasteiger partial charge in [0.2, 0.25) is 5.89 Å². The quantitative estimate of drug-likeness (QED) is 0.700. The first-order valence-electron chi connectivity index (χ1n) is 7.34. The van der Waals surface area contributed by atoms with Gasteiger partial charge in [-0.3, -0.25) is 0 Å². The average Bonchev–Trinajstić information content (AvgIpc) is 3.21. The number of amides is 2. The van der Waals surface area contributed by atoms with Crippen LogP contribution in [0.25, 0.3) is 5.69 Å². The number of methoxy groups -OCH3 is 1. The third-order valence-electron chi connectivity index (χ3n) is 3.27. The summed E-state index contributed by atoms with van der Waals surface area (Å²) in [6.07, 6.45) is 0. The molecule has 3 aromatic rings. The number of nitrogens with zero attached hydrogens (tertiary/aromatic N) is 6. The molecule has 130 valence electrons. The Hall–Kier alpha value is -3.50. The maximum Gasteiger partial charge on any atom is 0.319 e. The lowest BCUT2D eigenvalue weighted by Crippen LogP contribution is -2.28. The summed E-state index contributed by atoms with van der Waals surface area (Å²) in [7, 11) is 1.55. The molecule has 0 aliphatic heterocycles. The van der Waals surface area contributed by atoms with Crippen LogP contribution in [0.4, 0.5) is 10.5 Å². The van der Waals surface area contributed by atoms with Crippen LogP contribution in [-0.4, -0.2) is 43.5 Å². The van der Waals surface area contributed by atoms with Crippen LogP contribution in [0.3, 0.4) is 0 Å². The first-order chi connectivity index (χ1) is 12.1. The number of tetrazole rings is 1. The highest BCUT2D eigenvalue weighted by atomic mass is 16.5. The van der Waals surface area contributed by atoms with Crippen LogP contribution in [0.5, 0.6) is 5.75 Å². The third-order valence-corrected chi connectivity index (χ3v) is 3.27. The van der Waals surface area contributed by atoms with Crippen molar-refractivity contribution in [1.29, 1.82) is 0 Å². The second-order valence-corrected chi connectivity index (χ2v) is 5.06. The van der Waals surface area contributed by atoms with E-state index in [1.807, 2.05) is 0 Å². The van der Waals surface area contributed by atoms with Crippen molar-refractivity contribution in [3.05, 3.63) is 35.7 Å². The Morgan fingerprint density at radius 3 is 2.84 bits per heavy atom. The van der Waals surface area contributed by atoms with Gasteiger partial charge in [-0.25, -0.2) is 4.79 Å². The molecule has 25 heavy (non-hydrogen) atoms.